The summed E-state index contributed by atoms with van der Waals surface area (Å²) in [6, 6.07) is 3.91. The summed E-state index contributed by atoms with van der Waals surface area (Å²) in [5, 5.41) is 11.7. The highest BCUT2D eigenvalue weighted by Crippen LogP contribution is 2.32. The Morgan fingerprint density at radius 3 is 2.87 bits per heavy atom. The van der Waals surface area contributed by atoms with E-state index in [1.807, 2.05) is 16.8 Å². The number of hydrogen-bond acceptors (Lipinski definition) is 3. The van der Waals surface area contributed by atoms with Crippen molar-refractivity contribution in [3.8, 4) is 11.8 Å². The molecule has 2 heterocycles. The molecule has 1 aromatic heterocycles. The Morgan fingerprint density at radius 2 is 2.13 bits per heavy atom. The molecular weight excluding hydrogens is 359 g/mol. The molecule has 1 N–H and O–H groups in total. The minimum Gasteiger partial charge on any atom is -0.316 e. The maximum atomic E-state index is 14.6. The Hall–Kier alpha value is -1.45. The van der Waals surface area contributed by atoms with Gasteiger partial charge in [0.05, 0.1) is 9.99 Å². The van der Waals surface area contributed by atoms with Gasteiger partial charge < -0.3 is 5.32 Å². The van der Waals surface area contributed by atoms with Crippen LogP contribution >= 0.6 is 15.9 Å². The van der Waals surface area contributed by atoms with Gasteiger partial charge in [-0.3, -0.25) is 0 Å². The summed E-state index contributed by atoms with van der Waals surface area (Å²) >= 11 is 3.57. The van der Waals surface area contributed by atoms with Crippen molar-refractivity contribution in [2.45, 2.75) is 37.9 Å². The lowest BCUT2D eigenvalue weighted by atomic mass is 9.95. The molecular formula is C17H18BrFN4. The van der Waals surface area contributed by atoms with E-state index < -0.39 is 5.67 Å². The third-order valence-electron chi connectivity index (χ3n) is 4.57. The number of aromatic nitrogens is 3. The molecule has 0 radical (unpaired) electrons. The van der Waals surface area contributed by atoms with Crippen LogP contribution in [-0.2, 0) is 6.54 Å². The minimum atomic E-state index is -1.39. The van der Waals surface area contributed by atoms with Crippen molar-refractivity contribution in [1.82, 2.24) is 20.3 Å². The zero-order valence-corrected chi connectivity index (χ0v) is 14.4. The summed E-state index contributed by atoms with van der Waals surface area (Å²) < 4.78 is 17.4. The molecule has 120 valence electrons. The summed E-state index contributed by atoms with van der Waals surface area (Å²) in [5.41, 5.74) is 1.19. The van der Waals surface area contributed by atoms with Gasteiger partial charge in [-0.25, -0.2) is 9.07 Å². The first kappa shape index (κ1) is 15.1. The van der Waals surface area contributed by atoms with Crippen LogP contribution in [0.2, 0.25) is 0 Å². The molecule has 0 amide bonds. The van der Waals surface area contributed by atoms with Crippen LogP contribution in [0.15, 0.2) is 16.6 Å². The number of nitrogens with zero attached hydrogens (tertiary/aromatic N) is 3. The van der Waals surface area contributed by atoms with Crippen LogP contribution < -0.4 is 5.32 Å². The second-order valence-electron chi connectivity index (χ2n) is 6.48. The molecule has 6 heteroatoms. The third kappa shape index (κ3) is 3.13. The van der Waals surface area contributed by atoms with E-state index in [4.69, 9.17) is 0 Å². The normalized spacial score (nSPS) is 20.3. The molecule has 0 bridgehead atoms. The van der Waals surface area contributed by atoms with Crippen LogP contribution in [0.1, 0.15) is 31.2 Å². The number of piperidine rings is 1. The summed E-state index contributed by atoms with van der Waals surface area (Å²) in [7, 11) is 0. The number of alkyl halides is 1. The van der Waals surface area contributed by atoms with Crippen LogP contribution in [0.3, 0.4) is 0 Å². The number of hydrogen-bond donors (Lipinski definition) is 1. The van der Waals surface area contributed by atoms with E-state index in [0.29, 0.717) is 25.9 Å². The molecule has 2 fully saturated rings. The lowest BCUT2D eigenvalue weighted by Crippen LogP contribution is -2.37. The van der Waals surface area contributed by atoms with Crippen molar-refractivity contribution >= 4 is 27.0 Å². The number of rotatable bonds is 2. The molecule has 1 saturated carbocycles. The van der Waals surface area contributed by atoms with Gasteiger partial charge in [-0.1, -0.05) is 17.1 Å². The van der Waals surface area contributed by atoms with Crippen molar-refractivity contribution < 1.29 is 4.39 Å². The fourth-order valence-electron chi connectivity index (χ4n) is 2.91. The third-order valence-corrected chi connectivity index (χ3v) is 5.37. The van der Waals surface area contributed by atoms with Crippen LogP contribution in [-0.4, -0.2) is 33.8 Å². The van der Waals surface area contributed by atoms with Gasteiger partial charge in [0.2, 0.25) is 0 Å². The first-order chi connectivity index (χ1) is 11.1. The van der Waals surface area contributed by atoms with Gasteiger partial charge >= 0.3 is 0 Å². The van der Waals surface area contributed by atoms with Gasteiger partial charge in [-0.2, -0.15) is 0 Å². The molecule has 1 aliphatic carbocycles. The monoisotopic (exact) mass is 376 g/mol. The smallest absolute Gasteiger partial charge is 0.173 e. The summed E-state index contributed by atoms with van der Waals surface area (Å²) in [6.07, 6.45) is 3.44. The second-order valence-corrected chi connectivity index (χ2v) is 7.27. The maximum absolute atomic E-state index is 14.6. The molecule has 2 aromatic rings. The Balaban J connectivity index is 1.64. The van der Waals surface area contributed by atoms with Gasteiger partial charge in [0, 0.05) is 24.9 Å². The fourth-order valence-corrected chi connectivity index (χ4v) is 3.42. The Morgan fingerprint density at radius 1 is 1.35 bits per heavy atom. The quantitative estimate of drug-likeness (QED) is 0.819. The van der Waals surface area contributed by atoms with Crippen molar-refractivity contribution in [2.75, 3.05) is 13.1 Å². The second kappa shape index (κ2) is 5.88. The van der Waals surface area contributed by atoms with E-state index in [-0.39, 0.29) is 0 Å². The zero-order chi connectivity index (χ0) is 15.9. The molecule has 0 spiro atoms. The number of nitrogens with one attached hydrogen (secondary N) is 1. The number of benzene rings is 1. The molecule has 4 nitrogen and oxygen atoms in total. The Kier molecular flexibility index (Phi) is 3.86. The highest BCUT2D eigenvalue weighted by Gasteiger charge is 2.29. The van der Waals surface area contributed by atoms with Crippen molar-refractivity contribution in [3.63, 3.8) is 0 Å². The lowest BCUT2D eigenvalue weighted by Gasteiger charge is -2.24. The SMILES string of the molecule is FC1(C#Cc2ccc3c(nnn3CC3CC3)c2Br)CCNCC1. The van der Waals surface area contributed by atoms with Crippen LogP contribution in [0.5, 0.6) is 0 Å². The molecule has 4 rings (SSSR count). The first-order valence-electron chi connectivity index (χ1n) is 8.09. The van der Waals surface area contributed by atoms with E-state index in [1.54, 1.807) is 0 Å². The first-order valence-corrected chi connectivity index (χ1v) is 8.88. The summed E-state index contributed by atoms with van der Waals surface area (Å²) in [5.74, 6) is 6.57. The molecule has 1 aliphatic heterocycles. The molecule has 0 unspecified atom stereocenters. The van der Waals surface area contributed by atoms with Crippen LogP contribution in [0.25, 0.3) is 11.0 Å². The molecule has 2 aliphatic rings. The van der Waals surface area contributed by atoms with Crippen molar-refractivity contribution in [3.05, 3.63) is 22.2 Å². The molecule has 23 heavy (non-hydrogen) atoms. The standard InChI is InChI=1S/C17H18BrFN4/c18-15-13(5-6-17(19)7-9-20-10-8-17)3-4-14-16(15)21-22-23(14)11-12-1-2-12/h3-4,12,20H,1-2,7-11H2. The van der Waals surface area contributed by atoms with Gasteiger partial charge in [-0.15, -0.1) is 5.10 Å². The van der Waals surface area contributed by atoms with Gasteiger partial charge in [0.25, 0.3) is 0 Å². The van der Waals surface area contributed by atoms with E-state index in [0.717, 1.165) is 33.5 Å². The highest BCUT2D eigenvalue weighted by molar-refractivity contribution is 9.10. The zero-order valence-electron chi connectivity index (χ0n) is 12.8. The highest BCUT2D eigenvalue weighted by atomic mass is 79.9. The Bertz CT molecular complexity index is 794. The predicted molar refractivity (Wildman–Crippen MR) is 90.8 cm³/mol. The van der Waals surface area contributed by atoms with Crippen LogP contribution in [0.4, 0.5) is 4.39 Å². The Labute approximate surface area is 142 Å². The van der Waals surface area contributed by atoms with E-state index in [2.05, 4.69) is 43.4 Å². The summed E-state index contributed by atoms with van der Waals surface area (Å²) in [4.78, 5) is 0. The number of fused-ring (bicyclic) bond motifs is 1. The van der Waals surface area contributed by atoms with E-state index in [9.17, 15) is 4.39 Å². The number of halogens is 2. The van der Waals surface area contributed by atoms with Gasteiger partial charge in [-0.05, 0) is 59.9 Å². The van der Waals surface area contributed by atoms with E-state index in [1.165, 1.54) is 12.8 Å². The van der Waals surface area contributed by atoms with Crippen molar-refractivity contribution in [1.29, 1.82) is 0 Å². The maximum Gasteiger partial charge on any atom is 0.173 e. The fraction of sp³-hybridized carbons (Fsp3) is 0.529. The lowest BCUT2D eigenvalue weighted by molar-refractivity contribution is 0.184. The van der Waals surface area contributed by atoms with Gasteiger partial charge in [0.15, 0.2) is 5.67 Å². The van der Waals surface area contributed by atoms with Crippen molar-refractivity contribution in [2.24, 2.45) is 5.92 Å². The summed E-state index contributed by atoms with van der Waals surface area (Å²) in [6.45, 7) is 2.29. The van der Waals surface area contributed by atoms with Gasteiger partial charge in [0.1, 0.15) is 5.52 Å². The molecule has 0 atom stereocenters. The molecule has 1 aromatic carbocycles. The van der Waals surface area contributed by atoms with E-state index >= 15 is 0 Å². The average molecular weight is 377 g/mol. The molecule has 1 saturated heterocycles. The average Bonchev–Trinajstić information content (AvgIpc) is 3.27. The largest absolute Gasteiger partial charge is 0.316 e. The topological polar surface area (TPSA) is 42.7 Å². The van der Waals surface area contributed by atoms with Crippen LogP contribution in [0, 0.1) is 17.8 Å². The minimum absolute atomic E-state index is 0.442. The predicted octanol–water partition coefficient (Wildman–Crippen LogP) is 3.05.